The van der Waals surface area contributed by atoms with Crippen molar-refractivity contribution in [1.82, 2.24) is 0 Å². The first-order valence-corrected chi connectivity index (χ1v) is 7.88. The van der Waals surface area contributed by atoms with E-state index in [-0.39, 0.29) is 6.10 Å². The molecule has 0 saturated heterocycles. The van der Waals surface area contributed by atoms with Crippen molar-refractivity contribution in [2.45, 2.75) is 58.5 Å². The van der Waals surface area contributed by atoms with Crippen LogP contribution < -0.4 is 0 Å². The van der Waals surface area contributed by atoms with Crippen molar-refractivity contribution >= 4 is 28.2 Å². The van der Waals surface area contributed by atoms with Crippen LogP contribution in [0.25, 0.3) is 0 Å². The van der Waals surface area contributed by atoms with Gasteiger partial charge in [-0.25, -0.2) is 0 Å². The Hall–Kier alpha value is 0.400. The van der Waals surface area contributed by atoms with Crippen molar-refractivity contribution in [1.29, 1.82) is 0 Å². The van der Waals surface area contributed by atoms with Gasteiger partial charge in [0.1, 0.15) is 0 Å². The van der Waals surface area contributed by atoms with E-state index in [1.54, 1.807) is 11.8 Å². The van der Waals surface area contributed by atoms with Crippen LogP contribution in [-0.4, -0.2) is 21.2 Å². The van der Waals surface area contributed by atoms with Crippen molar-refractivity contribution in [2.24, 2.45) is 11.8 Å². The molecular weight excluding hydrogens is 236 g/mol. The van der Waals surface area contributed by atoms with Gasteiger partial charge in [-0.15, -0.1) is 11.8 Å². The number of rotatable bonds is 5. The third-order valence-corrected chi connectivity index (χ3v) is 4.98. The molecule has 16 heavy (non-hydrogen) atoms. The van der Waals surface area contributed by atoms with Crippen LogP contribution >= 0.6 is 24.0 Å². The van der Waals surface area contributed by atoms with Crippen LogP contribution in [0, 0.1) is 11.8 Å². The molecule has 2 atom stereocenters. The molecule has 1 fully saturated rings. The summed E-state index contributed by atoms with van der Waals surface area (Å²) in [6.45, 7) is 4.30. The zero-order valence-corrected chi connectivity index (χ0v) is 12.1. The van der Waals surface area contributed by atoms with Crippen molar-refractivity contribution in [3.8, 4) is 0 Å². The summed E-state index contributed by atoms with van der Waals surface area (Å²) in [7, 11) is 0. The molecular formula is C13H24OS2. The fourth-order valence-electron chi connectivity index (χ4n) is 2.55. The molecule has 1 aliphatic carbocycles. The molecule has 0 aliphatic heterocycles. The lowest BCUT2D eigenvalue weighted by Crippen LogP contribution is -2.28. The van der Waals surface area contributed by atoms with Gasteiger partial charge in [-0.1, -0.05) is 58.2 Å². The number of aliphatic hydroxyl groups is 1. The van der Waals surface area contributed by atoms with E-state index in [4.69, 9.17) is 12.2 Å². The topological polar surface area (TPSA) is 20.2 Å². The van der Waals surface area contributed by atoms with Crippen LogP contribution in [0.1, 0.15) is 52.4 Å². The van der Waals surface area contributed by atoms with Gasteiger partial charge in [0.25, 0.3) is 0 Å². The summed E-state index contributed by atoms with van der Waals surface area (Å²) in [5.41, 5.74) is 0. The first kappa shape index (κ1) is 14.5. The Bertz CT molecular complexity index is 212. The fraction of sp³-hybridized carbons (Fsp3) is 0.923. The molecule has 1 aliphatic rings. The average molecular weight is 260 g/mol. The molecule has 0 spiro atoms. The highest BCUT2D eigenvalue weighted by atomic mass is 32.2. The highest BCUT2D eigenvalue weighted by molar-refractivity contribution is 8.23. The minimum absolute atomic E-state index is 0.227. The van der Waals surface area contributed by atoms with Gasteiger partial charge in [0.15, 0.2) is 0 Å². The Kier molecular flexibility index (Phi) is 6.94. The molecule has 0 bridgehead atoms. The normalized spacial score (nSPS) is 21.7. The fourth-order valence-corrected chi connectivity index (χ4v) is 3.69. The van der Waals surface area contributed by atoms with E-state index >= 15 is 0 Å². The van der Waals surface area contributed by atoms with Crippen molar-refractivity contribution in [3.63, 3.8) is 0 Å². The molecule has 0 amide bonds. The van der Waals surface area contributed by atoms with Crippen LogP contribution in [0.4, 0.5) is 0 Å². The minimum Gasteiger partial charge on any atom is -0.392 e. The minimum atomic E-state index is -0.227. The second kappa shape index (κ2) is 7.67. The number of hydrogen-bond acceptors (Lipinski definition) is 3. The smallest absolute Gasteiger partial charge is 0.0622 e. The molecule has 0 aromatic heterocycles. The van der Waals surface area contributed by atoms with E-state index in [2.05, 4.69) is 13.8 Å². The average Bonchev–Trinajstić information content (AvgIpc) is 2.29. The second-order valence-electron chi connectivity index (χ2n) is 4.83. The molecule has 1 rings (SSSR count). The van der Waals surface area contributed by atoms with Gasteiger partial charge >= 0.3 is 0 Å². The summed E-state index contributed by atoms with van der Waals surface area (Å²) in [4.78, 5) is 0. The number of aliphatic hydroxyl groups excluding tert-OH is 1. The van der Waals surface area contributed by atoms with Gasteiger partial charge < -0.3 is 5.11 Å². The zero-order valence-electron chi connectivity index (χ0n) is 10.4. The Morgan fingerprint density at radius 1 is 1.38 bits per heavy atom. The highest BCUT2D eigenvalue weighted by Crippen LogP contribution is 2.32. The van der Waals surface area contributed by atoms with Crippen molar-refractivity contribution in [2.75, 3.05) is 5.75 Å². The van der Waals surface area contributed by atoms with E-state index in [1.165, 1.54) is 32.1 Å². The number of thioether (sulfide) groups is 1. The molecule has 0 heterocycles. The maximum absolute atomic E-state index is 10.2. The maximum atomic E-state index is 10.2. The van der Waals surface area contributed by atoms with Crippen LogP contribution in [0.3, 0.4) is 0 Å². The van der Waals surface area contributed by atoms with Crippen LogP contribution in [0.2, 0.25) is 0 Å². The second-order valence-corrected chi connectivity index (χ2v) is 6.94. The lowest BCUT2D eigenvalue weighted by Gasteiger charge is -2.31. The summed E-state index contributed by atoms with van der Waals surface area (Å²) < 4.78 is 0.970. The largest absolute Gasteiger partial charge is 0.392 e. The van der Waals surface area contributed by atoms with E-state index in [0.29, 0.717) is 12.3 Å². The zero-order chi connectivity index (χ0) is 12.0. The molecule has 94 valence electrons. The predicted octanol–water partition coefficient (Wildman–Crippen LogP) is 4.03. The monoisotopic (exact) mass is 260 g/mol. The molecule has 0 aromatic rings. The van der Waals surface area contributed by atoms with Gasteiger partial charge in [-0.3, -0.25) is 0 Å². The van der Waals surface area contributed by atoms with Crippen molar-refractivity contribution in [3.05, 3.63) is 0 Å². The summed E-state index contributed by atoms with van der Waals surface area (Å²) >= 11 is 6.95. The van der Waals surface area contributed by atoms with E-state index in [0.717, 1.165) is 15.9 Å². The first-order valence-electron chi connectivity index (χ1n) is 6.48. The Labute approximate surface area is 109 Å². The van der Waals surface area contributed by atoms with E-state index in [9.17, 15) is 5.11 Å². The summed E-state index contributed by atoms with van der Waals surface area (Å²) in [5.74, 6) is 2.15. The van der Waals surface area contributed by atoms with Gasteiger partial charge in [0, 0.05) is 6.42 Å². The molecule has 3 heteroatoms. The summed E-state index contributed by atoms with van der Waals surface area (Å²) in [5, 5.41) is 10.2. The van der Waals surface area contributed by atoms with Crippen LogP contribution in [0.15, 0.2) is 0 Å². The van der Waals surface area contributed by atoms with Gasteiger partial charge in [-0.2, -0.15) is 0 Å². The lowest BCUT2D eigenvalue weighted by molar-refractivity contribution is 0.0754. The third-order valence-electron chi connectivity index (χ3n) is 3.68. The summed E-state index contributed by atoms with van der Waals surface area (Å²) in [6.07, 6.45) is 7.13. The van der Waals surface area contributed by atoms with Gasteiger partial charge in [-0.05, 0) is 17.6 Å². The Morgan fingerprint density at radius 3 is 2.56 bits per heavy atom. The SMILES string of the molecule is CCSC(=S)C[C@@H](O)[C@H](C)C1CCCCC1. The summed E-state index contributed by atoms with van der Waals surface area (Å²) in [6, 6.07) is 0. The van der Waals surface area contributed by atoms with Gasteiger partial charge in [0.05, 0.1) is 10.3 Å². The molecule has 0 aromatic carbocycles. The molecule has 0 radical (unpaired) electrons. The third kappa shape index (κ3) is 4.72. The van der Waals surface area contributed by atoms with E-state index < -0.39 is 0 Å². The molecule has 1 N–H and O–H groups in total. The standard InChI is InChI=1S/C13H24OS2/c1-3-16-13(15)9-12(14)10(2)11-7-5-4-6-8-11/h10-12,14H,3-9H2,1-2H3/t10-,12-/m1/s1. The highest BCUT2D eigenvalue weighted by Gasteiger charge is 2.26. The Morgan fingerprint density at radius 2 is 2.00 bits per heavy atom. The molecule has 0 unspecified atom stereocenters. The van der Waals surface area contributed by atoms with Gasteiger partial charge in [0.2, 0.25) is 0 Å². The van der Waals surface area contributed by atoms with E-state index in [1.807, 2.05) is 0 Å². The van der Waals surface area contributed by atoms with Crippen LogP contribution in [-0.2, 0) is 0 Å². The van der Waals surface area contributed by atoms with Crippen LogP contribution in [0.5, 0.6) is 0 Å². The number of thiocarbonyl (C=S) groups is 1. The first-order chi connectivity index (χ1) is 7.65. The quantitative estimate of drug-likeness (QED) is 0.754. The molecule has 1 saturated carbocycles. The molecule has 1 nitrogen and oxygen atoms in total. The Balaban J connectivity index is 2.33. The number of hydrogen-bond donors (Lipinski definition) is 1. The predicted molar refractivity (Wildman–Crippen MR) is 77.1 cm³/mol. The lowest BCUT2D eigenvalue weighted by atomic mass is 9.78. The maximum Gasteiger partial charge on any atom is 0.0622 e. The van der Waals surface area contributed by atoms with Crippen molar-refractivity contribution < 1.29 is 5.11 Å².